The molecule has 5 nitrogen and oxygen atoms in total. The summed E-state index contributed by atoms with van der Waals surface area (Å²) < 4.78 is 0. The number of pyridine rings is 1. The Hall–Kier alpha value is -1.62. The zero-order valence-corrected chi connectivity index (χ0v) is 12.8. The van der Waals surface area contributed by atoms with E-state index in [4.69, 9.17) is 11.6 Å². The molecule has 3 rings (SSSR count). The van der Waals surface area contributed by atoms with Gasteiger partial charge >= 0.3 is 0 Å². The third-order valence-corrected chi connectivity index (χ3v) is 4.34. The molecule has 1 saturated carbocycles. The fraction of sp³-hybridized carbons (Fsp3) is 0.533. The molecule has 1 saturated heterocycles. The minimum Gasteiger partial charge on any atom is -0.339 e. The normalized spacial score (nSPS) is 18.8. The molecule has 6 heteroatoms. The number of piperazine rings is 1. The lowest BCUT2D eigenvalue weighted by Crippen LogP contribution is -2.51. The quantitative estimate of drug-likeness (QED) is 0.836. The first-order valence-corrected chi connectivity index (χ1v) is 7.64. The monoisotopic (exact) mass is 307 g/mol. The van der Waals surface area contributed by atoms with Gasteiger partial charge in [-0.2, -0.15) is 0 Å². The van der Waals surface area contributed by atoms with Crippen LogP contribution in [0.3, 0.4) is 0 Å². The van der Waals surface area contributed by atoms with Crippen molar-refractivity contribution in [2.24, 2.45) is 5.92 Å². The Bertz CT molecular complexity index is 578. The number of nitrogens with zero attached hydrogens (tertiary/aromatic N) is 3. The number of amides is 2. The van der Waals surface area contributed by atoms with E-state index in [9.17, 15) is 9.59 Å². The first-order valence-electron chi connectivity index (χ1n) is 7.26. The molecule has 0 spiro atoms. The van der Waals surface area contributed by atoms with Gasteiger partial charge < -0.3 is 9.80 Å². The largest absolute Gasteiger partial charge is 0.339 e. The third kappa shape index (κ3) is 3.02. The summed E-state index contributed by atoms with van der Waals surface area (Å²) >= 11 is 6.12. The van der Waals surface area contributed by atoms with E-state index in [-0.39, 0.29) is 17.7 Å². The van der Waals surface area contributed by atoms with Crippen LogP contribution in [0.15, 0.2) is 12.3 Å². The summed E-state index contributed by atoms with van der Waals surface area (Å²) in [5, 5.41) is 0.434. The Morgan fingerprint density at radius 3 is 2.38 bits per heavy atom. The number of aryl methyl sites for hydroxylation is 1. The first kappa shape index (κ1) is 14.3. The number of carbonyl (C=O) groups excluding carboxylic acids is 2. The third-order valence-electron chi connectivity index (χ3n) is 4.03. The van der Waals surface area contributed by atoms with Gasteiger partial charge in [0.1, 0.15) is 0 Å². The molecule has 0 bridgehead atoms. The standard InChI is InChI=1S/C15H18ClN3O2/c1-10-8-13(16)12(9-17-10)15(21)19-6-4-18(5-7-19)14(20)11-2-3-11/h8-9,11H,2-7H2,1H3. The van der Waals surface area contributed by atoms with E-state index >= 15 is 0 Å². The molecule has 0 unspecified atom stereocenters. The molecule has 1 aliphatic heterocycles. The zero-order chi connectivity index (χ0) is 15.0. The molecular weight excluding hydrogens is 290 g/mol. The van der Waals surface area contributed by atoms with Gasteiger partial charge in [-0.05, 0) is 25.8 Å². The number of aromatic nitrogens is 1. The highest BCUT2D eigenvalue weighted by Gasteiger charge is 2.35. The summed E-state index contributed by atoms with van der Waals surface area (Å²) in [6.45, 7) is 4.17. The number of rotatable bonds is 2. The fourth-order valence-electron chi connectivity index (χ4n) is 2.57. The summed E-state index contributed by atoms with van der Waals surface area (Å²) in [5.74, 6) is 0.381. The maximum Gasteiger partial charge on any atom is 0.257 e. The fourth-order valence-corrected chi connectivity index (χ4v) is 2.86. The topological polar surface area (TPSA) is 53.5 Å². The number of halogens is 1. The molecule has 0 N–H and O–H groups in total. The van der Waals surface area contributed by atoms with Crippen LogP contribution in [0.5, 0.6) is 0 Å². The highest BCUT2D eigenvalue weighted by Crippen LogP contribution is 2.31. The predicted octanol–water partition coefficient (Wildman–Crippen LogP) is 1.74. The van der Waals surface area contributed by atoms with Crippen LogP contribution in [0.4, 0.5) is 0 Å². The Kier molecular flexibility index (Phi) is 3.85. The summed E-state index contributed by atoms with van der Waals surface area (Å²) in [4.78, 5) is 32.2. The van der Waals surface area contributed by atoms with Crippen LogP contribution in [0.2, 0.25) is 5.02 Å². The maximum atomic E-state index is 12.5. The van der Waals surface area contributed by atoms with Gasteiger partial charge in [-0.25, -0.2) is 0 Å². The van der Waals surface area contributed by atoms with Crippen LogP contribution in [0, 0.1) is 12.8 Å². The molecule has 1 aromatic heterocycles. The summed E-state index contributed by atoms with van der Waals surface area (Å²) in [6.07, 6.45) is 3.56. The van der Waals surface area contributed by atoms with Gasteiger partial charge in [-0.1, -0.05) is 11.6 Å². The lowest BCUT2D eigenvalue weighted by atomic mass is 10.2. The van der Waals surface area contributed by atoms with Gasteiger partial charge in [-0.3, -0.25) is 14.6 Å². The van der Waals surface area contributed by atoms with E-state index < -0.39 is 0 Å². The highest BCUT2D eigenvalue weighted by atomic mass is 35.5. The summed E-state index contributed by atoms with van der Waals surface area (Å²) in [7, 11) is 0. The van der Waals surface area contributed by atoms with Crippen molar-refractivity contribution >= 4 is 23.4 Å². The van der Waals surface area contributed by atoms with E-state index in [0.717, 1.165) is 18.5 Å². The van der Waals surface area contributed by atoms with E-state index in [1.165, 1.54) is 6.20 Å². The van der Waals surface area contributed by atoms with Crippen LogP contribution >= 0.6 is 11.6 Å². The molecule has 1 aliphatic carbocycles. The number of hydrogen-bond donors (Lipinski definition) is 0. The van der Waals surface area contributed by atoms with Gasteiger partial charge in [0.05, 0.1) is 10.6 Å². The molecule has 0 radical (unpaired) electrons. The Morgan fingerprint density at radius 2 is 1.81 bits per heavy atom. The second-order valence-corrected chi connectivity index (χ2v) is 6.10. The lowest BCUT2D eigenvalue weighted by molar-refractivity contribution is -0.134. The molecule has 0 aromatic carbocycles. The number of carbonyl (C=O) groups is 2. The van der Waals surface area contributed by atoms with Gasteiger partial charge in [0.25, 0.3) is 5.91 Å². The van der Waals surface area contributed by atoms with Crippen molar-refractivity contribution in [3.8, 4) is 0 Å². The predicted molar refractivity (Wildman–Crippen MR) is 79.2 cm³/mol. The summed E-state index contributed by atoms with van der Waals surface area (Å²) in [6, 6.07) is 1.70. The van der Waals surface area contributed by atoms with E-state index in [0.29, 0.717) is 36.8 Å². The van der Waals surface area contributed by atoms with Gasteiger partial charge in [-0.15, -0.1) is 0 Å². The molecule has 21 heavy (non-hydrogen) atoms. The van der Waals surface area contributed by atoms with Crippen molar-refractivity contribution in [2.75, 3.05) is 26.2 Å². The van der Waals surface area contributed by atoms with Crippen LogP contribution in [0.1, 0.15) is 28.9 Å². The molecule has 2 aliphatic rings. The molecule has 2 heterocycles. The Balaban J connectivity index is 1.63. The van der Waals surface area contributed by atoms with Gasteiger partial charge in [0.2, 0.25) is 5.91 Å². The van der Waals surface area contributed by atoms with Crippen LogP contribution in [0.25, 0.3) is 0 Å². The van der Waals surface area contributed by atoms with E-state index in [2.05, 4.69) is 4.98 Å². The maximum absolute atomic E-state index is 12.5. The second-order valence-electron chi connectivity index (χ2n) is 5.70. The Morgan fingerprint density at radius 1 is 1.19 bits per heavy atom. The Labute approximate surface area is 128 Å². The molecule has 1 aromatic rings. The van der Waals surface area contributed by atoms with Crippen molar-refractivity contribution in [3.63, 3.8) is 0 Å². The molecule has 2 amide bonds. The highest BCUT2D eigenvalue weighted by molar-refractivity contribution is 6.33. The van der Waals surface area contributed by atoms with Gasteiger partial charge in [0, 0.05) is 44.0 Å². The van der Waals surface area contributed by atoms with Crippen LogP contribution in [-0.2, 0) is 4.79 Å². The number of hydrogen-bond acceptors (Lipinski definition) is 3. The zero-order valence-electron chi connectivity index (χ0n) is 12.0. The van der Waals surface area contributed by atoms with Gasteiger partial charge in [0.15, 0.2) is 0 Å². The average molecular weight is 308 g/mol. The van der Waals surface area contributed by atoms with E-state index in [1.54, 1.807) is 11.0 Å². The summed E-state index contributed by atoms with van der Waals surface area (Å²) in [5.41, 5.74) is 1.22. The van der Waals surface area contributed by atoms with Crippen LogP contribution < -0.4 is 0 Å². The first-order chi connectivity index (χ1) is 10.1. The van der Waals surface area contributed by atoms with Crippen molar-refractivity contribution in [1.82, 2.24) is 14.8 Å². The molecular formula is C15H18ClN3O2. The van der Waals surface area contributed by atoms with Crippen molar-refractivity contribution in [3.05, 3.63) is 28.5 Å². The molecule has 2 fully saturated rings. The minimum absolute atomic E-state index is 0.106. The second kappa shape index (κ2) is 5.64. The minimum atomic E-state index is -0.106. The van der Waals surface area contributed by atoms with Crippen molar-refractivity contribution in [1.29, 1.82) is 0 Å². The molecule has 112 valence electrons. The molecule has 0 atom stereocenters. The average Bonchev–Trinajstić information content (AvgIpc) is 3.31. The SMILES string of the molecule is Cc1cc(Cl)c(C(=O)N2CCN(C(=O)C3CC3)CC2)cn1. The van der Waals surface area contributed by atoms with Crippen LogP contribution in [-0.4, -0.2) is 52.8 Å². The van der Waals surface area contributed by atoms with E-state index in [1.807, 2.05) is 11.8 Å². The smallest absolute Gasteiger partial charge is 0.257 e. The van der Waals surface area contributed by atoms with Crippen molar-refractivity contribution < 1.29 is 9.59 Å². The lowest BCUT2D eigenvalue weighted by Gasteiger charge is -2.35. The van der Waals surface area contributed by atoms with Crippen molar-refractivity contribution in [2.45, 2.75) is 19.8 Å².